The molecule has 0 unspecified atom stereocenters. The van der Waals surface area contributed by atoms with Gasteiger partial charge in [-0.3, -0.25) is 14.4 Å². The topological polar surface area (TPSA) is 63.3 Å². The van der Waals surface area contributed by atoms with Gasteiger partial charge in [0.1, 0.15) is 22.9 Å². The molecular weight excluding hydrogens is 383 g/mol. The number of para-hydroxylation sites is 1. The molecule has 1 N–H and O–H groups in total. The molecule has 0 aliphatic heterocycles. The molecular formula is C23H23FN4O2. The van der Waals surface area contributed by atoms with Gasteiger partial charge in [-0.2, -0.15) is 5.10 Å². The quantitative estimate of drug-likeness (QED) is 0.526. The van der Waals surface area contributed by atoms with Crippen molar-refractivity contribution in [1.29, 1.82) is 0 Å². The Labute approximate surface area is 173 Å². The van der Waals surface area contributed by atoms with Crippen molar-refractivity contribution in [3.05, 3.63) is 77.9 Å². The number of halogens is 1. The van der Waals surface area contributed by atoms with Crippen LogP contribution in [0.15, 0.2) is 65.1 Å². The van der Waals surface area contributed by atoms with E-state index in [9.17, 15) is 9.18 Å². The number of amides is 1. The molecule has 0 saturated carbocycles. The maximum atomic E-state index is 13.2. The minimum absolute atomic E-state index is 0.119. The normalized spacial score (nSPS) is 12.4. The number of likely N-dealkylation sites (N-methyl/N-ethyl adjacent to an activating group) is 1. The largest absolute Gasteiger partial charge is 0.459 e. The van der Waals surface area contributed by atoms with Crippen molar-refractivity contribution in [1.82, 2.24) is 20.0 Å². The number of nitrogens with one attached hydrogen (secondary N) is 1. The number of hydrogen-bond acceptors (Lipinski definition) is 4. The zero-order chi connectivity index (χ0) is 21.3. The van der Waals surface area contributed by atoms with E-state index in [0.29, 0.717) is 17.9 Å². The summed E-state index contributed by atoms with van der Waals surface area (Å²) in [6, 6.07) is 17.4. The number of benzene rings is 2. The highest BCUT2D eigenvalue weighted by atomic mass is 19.1. The average molecular weight is 406 g/mol. The second kappa shape index (κ2) is 8.12. The number of carbonyl (C=O) groups is 1. The van der Waals surface area contributed by atoms with E-state index in [1.54, 1.807) is 25.2 Å². The van der Waals surface area contributed by atoms with Gasteiger partial charge in [0.25, 0.3) is 5.91 Å². The molecule has 2 heterocycles. The molecule has 0 aliphatic carbocycles. The number of nitrogens with zero attached hydrogens (tertiary/aromatic N) is 3. The van der Waals surface area contributed by atoms with Crippen molar-refractivity contribution in [2.45, 2.75) is 6.04 Å². The zero-order valence-corrected chi connectivity index (χ0v) is 17.1. The van der Waals surface area contributed by atoms with Crippen molar-refractivity contribution < 1.29 is 13.6 Å². The van der Waals surface area contributed by atoms with E-state index >= 15 is 0 Å². The van der Waals surface area contributed by atoms with E-state index in [0.717, 1.165) is 22.3 Å². The lowest BCUT2D eigenvalue weighted by Crippen LogP contribution is -2.35. The fourth-order valence-electron chi connectivity index (χ4n) is 3.43. The van der Waals surface area contributed by atoms with E-state index in [1.807, 2.05) is 49.3 Å². The van der Waals surface area contributed by atoms with Gasteiger partial charge < -0.3 is 9.73 Å². The van der Waals surface area contributed by atoms with Crippen LogP contribution in [-0.4, -0.2) is 41.2 Å². The summed E-state index contributed by atoms with van der Waals surface area (Å²) in [5.41, 5.74) is 2.61. The fraction of sp³-hybridized carbons (Fsp3) is 0.217. The third-order valence-corrected chi connectivity index (χ3v) is 5.10. The molecule has 154 valence electrons. The maximum absolute atomic E-state index is 13.2. The number of carbonyl (C=O) groups excluding carboxylic acids is 1. The van der Waals surface area contributed by atoms with Gasteiger partial charge in [-0.1, -0.05) is 18.2 Å². The Morgan fingerprint density at radius 3 is 2.60 bits per heavy atom. The highest BCUT2D eigenvalue weighted by Gasteiger charge is 2.21. The Morgan fingerprint density at radius 1 is 1.17 bits per heavy atom. The molecule has 0 bridgehead atoms. The van der Waals surface area contributed by atoms with Gasteiger partial charge in [0.15, 0.2) is 0 Å². The molecule has 0 spiro atoms. The van der Waals surface area contributed by atoms with Gasteiger partial charge in [-0.15, -0.1) is 0 Å². The van der Waals surface area contributed by atoms with Gasteiger partial charge in [-0.05, 0) is 56.6 Å². The van der Waals surface area contributed by atoms with Crippen molar-refractivity contribution in [2.75, 3.05) is 20.6 Å². The van der Waals surface area contributed by atoms with E-state index < -0.39 is 0 Å². The van der Waals surface area contributed by atoms with Crippen LogP contribution in [0.5, 0.6) is 0 Å². The summed E-state index contributed by atoms with van der Waals surface area (Å²) in [6.07, 6.45) is 0. The maximum Gasteiger partial charge on any atom is 0.269 e. The van der Waals surface area contributed by atoms with Gasteiger partial charge in [-0.25, -0.2) is 4.39 Å². The van der Waals surface area contributed by atoms with Gasteiger partial charge >= 0.3 is 0 Å². The van der Waals surface area contributed by atoms with E-state index in [1.165, 1.54) is 16.8 Å². The molecule has 1 atom stereocenters. The van der Waals surface area contributed by atoms with Crippen LogP contribution in [0.25, 0.3) is 22.2 Å². The summed E-state index contributed by atoms with van der Waals surface area (Å²) in [4.78, 5) is 14.8. The Balaban J connectivity index is 1.50. The van der Waals surface area contributed by atoms with Crippen LogP contribution in [-0.2, 0) is 7.05 Å². The summed E-state index contributed by atoms with van der Waals surface area (Å²) >= 11 is 0. The van der Waals surface area contributed by atoms with Crippen LogP contribution in [0.4, 0.5) is 4.39 Å². The first-order valence-electron chi connectivity index (χ1n) is 9.65. The van der Waals surface area contributed by atoms with Crippen LogP contribution >= 0.6 is 0 Å². The zero-order valence-electron chi connectivity index (χ0n) is 17.1. The monoisotopic (exact) mass is 406 g/mol. The van der Waals surface area contributed by atoms with Gasteiger partial charge in [0.2, 0.25) is 0 Å². The molecule has 7 heteroatoms. The highest BCUT2D eigenvalue weighted by Crippen LogP contribution is 2.26. The molecule has 0 aliphatic rings. The number of hydrogen-bond donors (Lipinski definition) is 1. The molecule has 0 radical (unpaired) electrons. The van der Waals surface area contributed by atoms with E-state index in [4.69, 9.17) is 4.42 Å². The Kier molecular flexibility index (Phi) is 5.37. The second-order valence-corrected chi connectivity index (χ2v) is 7.42. The SMILES string of the molecule is CN(C)[C@H](CNC(=O)c1cc(-c2ccc(F)cc2)nn1C)c1cc2ccccc2o1. The Bertz CT molecular complexity index is 1140. The summed E-state index contributed by atoms with van der Waals surface area (Å²) in [7, 11) is 5.60. The molecule has 0 fully saturated rings. The lowest BCUT2D eigenvalue weighted by Gasteiger charge is -2.22. The lowest BCUT2D eigenvalue weighted by atomic mass is 10.1. The van der Waals surface area contributed by atoms with Crippen LogP contribution in [0, 0.1) is 5.82 Å². The minimum Gasteiger partial charge on any atom is -0.459 e. The molecule has 4 aromatic rings. The van der Waals surface area contributed by atoms with Gasteiger partial charge in [0, 0.05) is 24.5 Å². The summed E-state index contributed by atoms with van der Waals surface area (Å²) in [6.45, 7) is 0.378. The number of aryl methyl sites for hydroxylation is 1. The Morgan fingerprint density at radius 2 is 1.90 bits per heavy atom. The van der Waals surface area contributed by atoms with Crippen molar-refractivity contribution in [3.63, 3.8) is 0 Å². The standard InChI is InChI=1S/C23H23FN4O2/c1-27(2)20(22-12-16-6-4-5-7-21(16)30-22)14-25-23(29)19-13-18(26-28(19)3)15-8-10-17(24)11-9-15/h4-13,20H,14H2,1-3H3,(H,25,29)/t20-/m1/s1. The summed E-state index contributed by atoms with van der Waals surface area (Å²) in [5.74, 6) is 0.243. The number of furan rings is 1. The first kappa shape index (κ1) is 19.8. The van der Waals surface area contributed by atoms with E-state index in [2.05, 4.69) is 10.4 Å². The summed E-state index contributed by atoms with van der Waals surface area (Å²) < 4.78 is 20.7. The fourth-order valence-corrected chi connectivity index (χ4v) is 3.43. The second-order valence-electron chi connectivity index (χ2n) is 7.42. The average Bonchev–Trinajstić information content (AvgIpc) is 3.31. The molecule has 4 rings (SSSR count). The first-order valence-corrected chi connectivity index (χ1v) is 9.65. The highest BCUT2D eigenvalue weighted by molar-refractivity contribution is 5.93. The third-order valence-electron chi connectivity index (χ3n) is 5.10. The third kappa shape index (κ3) is 3.97. The number of fused-ring (bicyclic) bond motifs is 1. The molecule has 1 amide bonds. The van der Waals surface area contributed by atoms with Crippen LogP contribution in [0.2, 0.25) is 0 Å². The van der Waals surface area contributed by atoms with Crippen molar-refractivity contribution >= 4 is 16.9 Å². The number of rotatable bonds is 6. The Hall–Kier alpha value is -3.45. The molecule has 2 aromatic carbocycles. The number of aromatic nitrogens is 2. The molecule has 30 heavy (non-hydrogen) atoms. The lowest BCUT2D eigenvalue weighted by molar-refractivity contribution is 0.0930. The van der Waals surface area contributed by atoms with Gasteiger partial charge in [0.05, 0.1) is 11.7 Å². The molecule has 0 saturated heterocycles. The van der Waals surface area contributed by atoms with Crippen molar-refractivity contribution in [2.24, 2.45) is 7.05 Å². The predicted octanol–water partition coefficient (Wildman–Crippen LogP) is 4.01. The van der Waals surface area contributed by atoms with Crippen LogP contribution < -0.4 is 5.32 Å². The predicted molar refractivity (Wildman–Crippen MR) is 114 cm³/mol. The first-order chi connectivity index (χ1) is 14.4. The van der Waals surface area contributed by atoms with Crippen molar-refractivity contribution in [3.8, 4) is 11.3 Å². The molecule has 2 aromatic heterocycles. The van der Waals surface area contributed by atoms with E-state index in [-0.39, 0.29) is 17.8 Å². The summed E-state index contributed by atoms with van der Waals surface area (Å²) in [5, 5.41) is 8.39. The van der Waals surface area contributed by atoms with Crippen LogP contribution in [0.3, 0.4) is 0 Å². The molecule has 6 nitrogen and oxygen atoms in total. The van der Waals surface area contributed by atoms with Crippen LogP contribution in [0.1, 0.15) is 22.3 Å². The smallest absolute Gasteiger partial charge is 0.269 e. The minimum atomic E-state index is -0.312.